The predicted molar refractivity (Wildman–Crippen MR) is 109 cm³/mol. The third-order valence-corrected chi connectivity index (χ3v) is 8.08. The zero-order chi connectivity index (χ0) is 21.7. The number of carboxylic acids is 1. The first-order valence-electron chi connectivity index (χ1n) is 9.54. The number of carboxylic acid groups (broad SMARTS) is 1. The molecule has 1 aliphatic heterocycles. The molecule has 158 valence electrons. The van der Waals surface area contributed by atoms with E-state index in [2.05, 4.69) is 4.98 Å². The highest BCUT2D eigenvalue weighted by molar-refractivity contribution is 7.89. The lowest BCUT2D eigenvalue weighted by Gasteiger charge is -2.42. The molecule has 3 aromatic rings. The number of fused-ring (bicyclic) bond motifs is 3. The highest BCUT2D eigenvalue weighted by atomic mass is 32.2. The molecule has 7 nitrogen and oxygen atoms in total. The van der Waals surface area contributed by atoms with Gasteiger partial charge in [0.1, 0.15) is 5.82 Å². The van der Waals surface area contributed by atoms with Crippen LogP contribution in [0.2, 0.25) is 0 Å². The van der Waals surface area contributed by atoms with Crippen LogP contribution in [0.15, 0.2) is 47.6 Å². The van der Waals surface area contributed by atoms with Crippen molar-refractivity contribution in [3.63, 3.8) is 0 Å². The first kappa shape index (κ1) is 20.5. The molecule has 1 atom stereocenters. The highest BCUT2D eigenvalue weighted by Crippen LogP contribution is 2.38. The van der Waals surface area contributed by atoms with Gasteiger partial charge in [-0.15, -0.1) is 0 Å². The number of benzene rings is 1. The summed E-state index contributed by atoms with van der Waals surface area (Å²) < 4.78 is 42.9. The minimum Gasteiger partial charge on any atom is -0.481 e. The van der Waals surface area contributed by atoms with Crippen LogP contribution in [-0.2, 0) is 34.2 Å². The normalized spacial score (nSPS) is 19.2. The lowest BCUT2D eigenvalue weighted by Crippen LogP contribution is -2.52. The van der Waals surface area contributed by atoms with Crippen LogP contribution in [0.4, 0.5) is 4.39 Å². The first-order valence-corrected chi connectivity index (χ1v) is 11.0. The molecule has 0 aliphatic carbocycles. The lowest BCUT2D eigenvalue weighted by atomic mass is 9.90. The molecule has 9 heteroatoms. The Morgan fingerprint density at radius 1 is 1.30 bits per heavy atom. The van der Waals surface area contributed by atoms with E-state index in [1.54, 1.807) is 18.5 Å². The van der Waals surface area contributed by atoms with Gasteiger partial charge in [-0.3, -0.25) is 9.78 Å². The summed E-state index contributed by atoms with van der Waals surface area (Å²) in [6, 6.07) is 6.59. The number of aliphatic carboxylic acids is 1. The van der Waals surface area contributed by atoms with Crippen LogP contribution in [0.25, 0.3) is 10.9 Å². The Balaban J connectivity index is 1.76. The average Bonchev–Trinajstić information content (AvgIpc) is 3.00. The van der Waals surface area contributed by atoms with Gasteiger partial charge in [-0.05, 0) is 55.7 Å². The maximum Gasteiger partial charge on any atom is 0.307 e. The molecule has 0 bridgehead atoms. The van der Waals surface area contributed by atoms with Crippen LogP contribution in [-0.4, -0.2) is 45.9 Å². The predicted octanol–water partition coefficient (Wildman–Crippen LogP) is 2.83. The smallest absolute Gasteiger partial charge is 0.307 e. The number of hydrogen-bond acceptors (Lipinski definition) is 4. The van der Waals surface area contributed by atoms with E-state index >= 15 is 0 Å². The summed E-state index contributed by atoms with van der Waals surface area (Å²) in [5.41, 5.74) is 1.71. The van der Waals surface area contributed by atoms with E-state index in [0.29, 0.717) is 19.4 Å². The van der Waals surface area contributed by atoms with Crippen molar-refractivity contribution in [2.24, 2.45) is 0 Å². The van der Waals surface area contributed by atoms with Gasteiger partial charge >= 0.3 is 5.97 Å². The fourth-order valence-electron chi connectivity index (χ4n) is 4.25. The minimum absolute atomic E-state index is 0.0315. The van der Waals surface area contributed by atoms with E-state index < -0.39 is 27.3 Å². The highest BCUT2D eigenvalue weighted by Gasteiger charge is 2.41. The molecular formula is C21H22FN3O4S. The molecule has 1 aliphatic rings. The van der Waals surface area contributed by atoms with E-state index in [1.165, 1.54) is 23.5 Å². The number of nitrogens with zero attached hydrogens (tertiary/aromatic N) is 3. The molecule has 2 aromatic heterocycles. The summed E-state index contributed by atoms with van der Waals surface area (Å²) in [5.74, 6) is -1.41. The van der Waals surface area contributed by atoms with Gasteiger partial charge in [0.15, 0.2) is 0 Å². The van der Waals surface area contributed by atoms with Crippen molar-refractivity contribution in [1.29, 1.82) is 0 Å². The number of likely N-dealkylation sites (N-methyl/N-ethyl adjacent to an activating group) is 1. The third-order valence-electron chi connectivity index (χ3n) is 6.05. The summed E-state index contributed by atoms with van der Waals surface area (Å²) in [4.78, 5) is 15.6. The second kappa shape index (κ2) is 7.17. The van der Waals surface area contributed by atoms with E-state index in [4.69, 9.17) is 0 Å². The molecule has 0 radical (unpaired) electrons. The van der Waals surface area contributed by atoms with Crippen LogP contribution in [0.5, 0.6) is 0 Å². The molecule has 0 saturated heterocycles. The number of carbonyl (C=O) groups is 1. The zero-order valence-electron chi connectivity index (χ0n) is 16.7. The Hall–Kier alpha value is -2.78. The molecule has 0 fully saturated rings. The molecular weight excluding hydrogens is 409 g/mol. The van der Waals surface area contributed by atoms with E-state index in [0.717, 1.165) is 34.3 Å². The van der Waals surface area contributed by atoms with E-state index in [1.807, 2.05) is 11.5 Å². The molecule has 0 saturated carbocycles. The molecule has 0 amide bonds. The van der Waals surface area contributed by atoms with E-state index in [-0.39, 0.29) is 11.3 Å². The number of sulfonamides is 1. The Bertz CT molecular complexity index is 1240. The van der Waals surface area contributed by atoms with Gasteiger partial charge in [0.25, 0.3) is 0 Å². The molecule has 1 unspecified atom stereocenters. The molecule has 0 spiro atoms. The molecule has 1 aromatic carbocycles. The topological polar surface area (TPSA) is 92.5 Å². The molecule has 1 N–H and O–H groups in total. The Morgan fingerprint density at radius 3 is 2.67 bits per heavy atom. The van der Waals surface area contributed by atoms with Crippen molar-refractivity contribution in [2.75, 3.05) is 7.05 Å². The first-order chi connectivity index (χ1) is 14.1. The van der Waals surface area contributed by atoms with Gasteiger partial charge in [-0.25, -0.2) is 12.8 Å². The second-order valence-electron chi connectivity index (χ2n) is 7.90. The summed E-state index contributed by atoms with van der Waals surface area (Å²) >= 11 is 0. The van der Waals surface area contributed by atoms with E-state index in [9.17, 15) is 22.7 Å². The average molecular weight is 431 g/mol. The quantitative estimate of drug-likeness (QED) is 0.671. The van der Waals surface area contributed by atoms with Crippen LogP contribution in [0, 0.1) is 5.82 Å². The van der Waals surface area contributed by atoms with Crippen LogP contribution in [0.3, 0.4) is 0 Å². The van der Waals surface area contributed by atoms with Crippen molar-refractivity contribution < 1.29 is 22.7 Å². The maximum absolute atomic E-state index is 13.3. The SMILES string of the molecule is CN(C1(C)CCc2c(CC(=O)O)c3ccncc3n2C1)S(=O)(=O)c1ccc(F)cc1. The number of hydrogen-bond donors (Lipinski definition) is 1. The fraction of sp³-hybridized carbons (Fsp3) is 0.333. The summed E-state index contributed by atoms with van der Waals surface area (Å²) in [7, 11) is -2.30. The van der Waals surface area contributed by atoms with Gasteiger partial charge in [0.2, 0.25) is 10.0 Å². The summed E-state index contributed by atoms with van der Waals surface area (Å²) in [5, 5.41) is 10.2. The van der Waals surface area contributed by atoms with Crippen LogP contribution < -0.4 is 0 Å². The Labute approximate surface area is 173 Å². The fourth-order valence-corrected chi connectivity index (χ4v) is 5.78. The Morgan fingerprint density at radius 2 is 2.00 bits per heavy atom. The molecule has 30 heavy (non-hydrogen) atoms. The van der Waals surface area contributed by atoms with Gasteiger partial charge in [0, 0.05) is 30.9 Å². The number of rotatable bonds is 5. The third kappa shape index (κ3) is 3.27. The Kier molecular flexibility index (Phi) is 4.90. The van der Waals surface area contributed by atoms with Crippen molar-refractivity contribution in [3.05, 3.63) is 59.8 Å². The second-order valence-corrected chi connectivity index (χ2v) is 9.87. The molecule has 3 heterocycles. The van der Waals surface area contributed by atoms with Gasteiger partial charge in [0.05, 0.1) is 28.6 Å². The van der Waals surface area contributed by atoms with Gasteiger partial charge < -0.3 is 9.67 Å². The monoisotopic (exact) mass is 431 g/mol. The van der Waals surface area contributed by atoms with Crippen molar-refractivity contribution in [3.8, 4) is 0 Å². The van der Waals surface area contributed by atoms with Crippen molar-refractivity contribution in [2.45, 2.75) is 43.2 Å². The number of halogens is 1. The maximum atomic E-state index is 13.3. The van der Waals surface area contributed by atoms with Gasteiger partial charge in [-0.2, -0.15) is 4.31 Å². The van der Waals surface area contributed by atoms with Crippen molar-refractivity contribution in [1.82, 2.24) is 13.9 Å². The zero-order valence-corrected chi connectivity index (χ0v) is 17.5. The standard InChI is InChI=1S/C21H22FN3O4S/c1-21(24(2)30(28,29)15-5-3-14(22)4-6-15)9-7-18-17(11-20(26)27)16-8-10-23-12-19(16)25(18)13-21/h3-6,8,10,12H,7,9,11,13H2,1-2H3,(H,26,27). The summed E-state index contributed by atoms with van der Waals surface area (Å²) in [6.45, 7) is 2.23. The minimum atomic E-state index is -3.84. The largest absolute Gasteiger partial charge is 0.481 e. The number of pyridine rings is 1. The van der Waals surface area contributed by atoms with Crippen LogP contribution >= 0.6 is 0 Å². The van der Waals surface area contributed by atoms with Gasteiger partial charge in [-0.1, -0.05) is 0 Å². The molecule has 4 rings (SSSR count). The lowest BCUT2D eigenvalue weighted by molar-refractivity contribution is -0.136. The summed E-state index contributed by atoms with van der Waals surface area (Å²) in [6.07, 6.45) is 4.29. The van der Waals surface area contributed by atoms with Crippen LogP contribution in [0.1, 0.15) is 24.6 Å². The number of aromatic nitrogens is 2. The van der Waals surface area contributed by atoms with Crippen molar-refractivity contribution >= 4 is 26.9 Å².